The van der Waals surface area contributed by atoms with Gasteiger partial charge >= 0.3 is 0 Å². The van der Waals surface area contributed by atoms with E-state index in [1.807, 2.05) is 50.2 Å². The van der Waals surface area contributed by atoms with Gasteiger partial charge in [-0.2, -0.15) is 0 Å². The number of hydrogen-bond donors (Lipinski definition) is 0. The second-order valence-electron chi connectivity index (χ2n) is 4.93. The first-order valence-electron chi connectivity index (χ1n) is 6.56. The van der Waals surface area contributed by atoms with Crippen molar-refractivity contribution in [2.75, 3.05) is 11.9 Å². The summed E-state index contributed by atoms with van der Waals surface area (Å²) in [6, 6.07) is 10.0. The molecule has 0 aliphatic rings. The first-order chi connectivity index (χ1) is 9.65. The summed E-state index contributed by atoms with van der Waals surface area (Å²) < 4.78 is 2.11. The maximum Gasteiger partial charge on any atom is 0.225 e. The van der Waals surface area contributed by atoms with Crippen molar-refractivity contribution in [3.63, 3.8) is 0 Å². The quantitative estimate of drug-likeness (QED) is 0.730. The molecule has 2 aromatic heterocycles. The third-order valence-corrected chi connectivity index (χ3v) is 3.38. The SMILES string of the molecule is Cc1ccnc(N(C)Cc2nc3ccccc3n2C)n1. The van der Waals surface area contributed by atoms with Gasteiger partial charge in [-0.25, -0.2) is 15.0 Å². The summed E-state index contributed by atoms with van der Waals surface area (Å²) in [5.41, 5.74) is 3.12. The fourth-order valence-electron chi connectivity index (χ4n) is 2.24. The molecule has 3 rings (SSSR count). The van der Waals surface area contributed by atoms with E-state index in [4.69, 9.17) is 0 Å². The van der Waals surface area contributed by atoms with Crippen LogP contribution in [0.15, 0.2) is 36.5 Å². The fraction of sp³-hybridized carbons (Fsp3) is 0.267. The average Bonchev–Trinajstić information content (AvgIpc) is 2.76. The molecule has 0 fully saturated rings. The Bertz CT molecular complexity index is 747. The number of para-hydroxylation sites is 2. The largest absolute Gasteiger partial charge is 0.336 e. The first kappa shape index (κ1) is 12.6. The van der Waals surface area contributed by atoms with Crippen LogP contribution < -0.4 is 4.90 Å². The minimum absolute atomic E-state index is 0.675. The van der Waals surface area contributed by atoms with Crippen LogP contribution in [0.4, 0.5) is 5.95 Å². The van der Waals surface area contributed by atoms with Gasteiger partial charge in [0.1, 0.15) is 5.82 Å². The van der Waals surface area contributed by atoms with Gasteiger partial charge in [0.2, 0.25) is 5.95 Å². The summed E-state index contributed by atoms with van der Waals surface area (Å²) in [5.74, 6) is 1.72. The predicted octanol–water partition coefficient (Wildman–Crippen LogP) is 2.31. The van der Waals surface area contributed by atoms with Gasteiger partial charge < -0.3 is 9.47 Å². The molecular formula is C15H17N5. The molecule has 0 saturated carbocycles. The van der Waals surface area contributed by atoms with Crippen molar-refractivity contribution in [1.29, 1.82) is 0 Å². The fourth-order valence-corrected chi connectivity index (χ4v) is 2.24. The molecule has 3 aromatic rings. The lowest BCUT2D eigenvalue weighted by Crippen LogP contribution is -2.21. The third-order valence-electron chi connectivity index (χ3n) is 3.38. The number of aryl methyl sites for hydroxylation is 2. The topological polar surface area (TPSA) is 46.8 Å². The number of rotatable bonds is 3. The lowest BCUT2D eigenvalue weighted by atomic mass is 10.3. The van der Waals surface area contributed by atoms with Gasteiger partial charge in [0, 0.05) is 26.0 Å². The first-order valence-corrected chi connectivity index (χ1v) is 6.56. The van der Waals surface area contributed by atoms with E-state index in [1.54, 1.807) is 6.20 Å². The summed E-state index contributed by atoms with van der Waals surface area (Å²) >= 11 is 0. The average molecular weight is 267 g/mol. The minimum Gasteiger partial charge on any atom is -0.336 e. The van der Waals surface area contributed by atoms with Crippen LogP contribution in [-0.4, -0.2) is 26.6 Å². The molecule has 0 aliphatic carbocycles. The number of fused-ring (bicyclic) bond motifs is 1. The highest BCUT2D eigenvalue weighted by Gasteiger charge is 2.11. The smallest absolute Gasteiger partial charge is 0.225 e. The van der Waals surface area contributed by atoms with E-state index in [0.717, 1.165) is 28.5 Å². The Morgan fingerprint density at radius 3 is 2.70 bits per heavy atom. The van der Waals surface area contributed by atoms with Crippen molar-refractivity contribution >= 4 is 17.0 Å². The molecule has 5 heteroatoms. The molecule has 0 amide bonds. The molecule has 0 saturated heterocycles. The highest BCUT2D eigenvalue weighted by molar-refractivity contribution is 5.75. The molecule has 0 radical (unpaired) electrons. The van der Waals surface area contributed by atoms with E-state index >= 15 is 0 Å². The van der Waals surface area contributed by atoms with Crippen LogP contribution in [0, 0.1) is 6.92 Å². The van der Waals surface area contributed by atoms with Crippen molar-refractivity contribution in [2.45, 2.75) is 13.5 Å². The van der Waals surface area contributed by atoms with Gasteiger partial charge in [-0.1, -0.05) is 12.1 Å². The molecular weight excluding hydrogens is 250 g/mol. The van der Waals surface area contributed by atoms with Crippen molar-refractivity contribution in [3.8, 4) is 0 Å². The van der Waals surface area contributed by atoms with Gasteiger partial charge in [-0.15, -0.1) is 0 Å². The zero-order valence-corrected chi connectivity index (χ0v) is 11.9. The van der Waals surface area contributed by atoms with E-state index in [-0.39, 0.29) is 0 Å². The number of anilines is 1. The van der Waals surface area contributed by atoms with E-state index < -0.39 is 0 Å². The van der Waals surface area contributed by atoms with Crippen molar-refractivity contribution in [1.82, 2.24) is 19.5 Å². The molecule has 0 spiro atoms. The van der Waals surface area contributed by atoms with Crippen LogP contribution in [0.1, 0.15) is 11.5 Å². The number of nitrogens with zero attached hydrogens (tertiary/aromatic N) is 5. The van der Waals surface area contributed by atoms with Crippen LogP contribution in [0.25, 0.3) is 11.0 Å². The number of hydrogen-bond acceptors (Lipinski definition) is 4. The van der Waals surface area contributed by atoms with Crippen LogP contribution in [-0.2, 0) is 13.6 Å². The van der Waals surface area contributed by atoms with Crippen molar-refractivity contribution in [2.24, 2.45) is 7.05 Å². The maximum absolute atomic E-state index is 4.67. The molecule has 0 N–H and O–H groups in total. The highest BCUT2D eigenvalue weighted by Crippen LogP contribution is 2.16. The summed E-state index contributed by atoms with van der Waals surface area (Å²) in [4.78, 5) is 15.4. The summed E-state index contributed by atoms with van der Waals surface area (Å²) in [6.45, 7) is 2.64. The normalized spacial score (nSPS) is 10.9. The van der Waals surface area contributed by atoms with E-state index in [0.29, 0.717) is 6.54 Å². The predicted molar refractivity (Wildman–Crippen MR) is 79.6 cm³/mol. The summed E-state index contributed by atoms with van der Waals surface area (Å²) in [7, 11) is 4.02. The maximum atomic E-state index is 4.67. The van der Waals surface area contributed by atoms with Gasteiger partial charge in [0.15, 0.2) is 0 Å². The van der Waals surface area contributed by atoms with E-state index in [9.17, 15) is 0 Å². The van der Waals surface area contributed by atoms with Gasteiger partial charge in [0.05, 0.1) is 17.6 Å². The Labute approximate surface area is 117 Å². The molecule has 0 bridgehead atoms. The minimum atomic E-state index is 0.675. The second-order valence-corrected chi connectivity index (χ2v) is 4.93. The highest BCUT2D eigenvalue weighted by atomic mass is 15.2. The van der Waals surface area contributed by atoms with Gasteiger partial charge in [-0.3, -0.25) is 0 Å². The molecule has 2 heterocycles. The zero-order chi connectivity index (χ0) is 14.1. The number of imidazole rings is 1. The monoisotopic (exact) mass is 267 g/mol. The van der Waals surface area contributed by atoms with E-state index in [1.165, 1.54) is 0 Å². The Kier molecular flexibility index (Phi) is 3.10. The van der Waals surface area contributed by atoms with Gasteiger partial charge in [-0.05, 0) is 25.1 Å². The molecule has 102 valence electrons. The molecule has 20 heavy (non-hydrogen) atoms. The summed E-state index contributed by atoms with van der Waals surface area (Å²) in [5, 5.41) is 0. The van der Waals surface area contributed by atoms with Crippen molar-refractivity contribution in [3.05, 3.63) is 48.0 Å². The van der Waals surface area contributed by atoms with Gasteiger partial charge in [0.25, 0.3) is 0 Å². The molecule has 1 aromatic carbocycles. The Morgan fingerprint density at radius 2 is 1.95 bits per heavy atom. The van der Waals surface area contributed by atoms with Crippen LogP contribution in [0.2, 0.25) is 0 Å². The zero-order valence-electron chi connectivity index (χ0n) is 11.9. The molecule has 5 nitrogen and oxygen atoms in total. The Hall–Kier alpha value is -2.43. The third kappa shape index (κ3) is 2.22. The molecule has 0 aliphatic heterocycles. The Balaban J connectivity index is 1.91. The van der Waals surface area contributed by atoms with E-state index in [2.05, 4.69) is 25.6 Å². The number of aromatic nitrogens is 4. The molecule has 0 atom stereocenters. The molecule has 0 unspecified atom stereocenters. The van der Waals surface area contributed by atoms with Crippen LogP contribution in [0.5, 0.6) is 0 Å². The lowest BCUT2D eigenvalue weighted by Gasteiger charge is -2.16. The van der Waals surface area contributed by atoms with Crippen LogP contribution in [0.3, 0.4) is 0 Å². The van der Waals surface area contributed by atoms with Crippen molar-refractivity contribution < 1.29 is 0 Å². The second kappa shape index (κ2) is 4.92. The Morgan fingerprint density at radius 1 is 1.15 bits per heavy atom. The summed E-state index contributed by atoms with van der Waals surface area (Å²) in [6.07, 6.45) is 1.78. The lowest BCUT2D eigenvalue weighted by molar-refractivity contribution is 0.757. The standard InChI is InChI=1S/C15H17N5/c1-11-8-9-16-15(17-11)19(2)10-14-18-12-6-4-5-7-13(12)20(14)3/h4-9H,10H2,1-3H3. The van der Waals surface area contributed by atoms with Crippen LogP contribution >= 0.6 is 0 Å². The number of benzene rings is 1.